The molecule has 1 aromatic heterocycles. The second kappa shape index (κ2) is 4.99. The van der Waals surface area contributed by atoms with Crippen LogP contribution < -0.4 is 0 Å². The van der Waals surface area contributed by atoms with Crippen molar-refractivity contribution >= 4 is 0 Å². The van der Waals surface area contributed by atoms with Gasteiger partial charge in [0.25, 0.3) is 0 Å². The minimum absolute atomic E-state index is 0.340. The highest BCUT2D eigenvalue weighted by Gasteiger charge is 2.20. The van der Waals surface area contributed by atoms with E-state index >= 15 is 0 Å². The summed E-state index contributed by atoms with van der Waals surface area (Å²) in [6.07, 6.45) is 4.62. The monoisotopic (exact) mass is 242 g/mol. The van der Waals surface area contributed by atoms with E-state index in [1.165, 1.54) is 5.56 Å². The largest absolute Gasteiger partial charge is 0.461 e. The highest BCUT2D eigenvalue weighted by Crippen LogP contribution is 2.30. The van der Waals surface area contributed by atoms with Crippen molar-refractivity contribution in [3.8, 4) is 11.3 Å². The Balaban J connectivity index is 1.93. The molecule has 1 aliphatic carbocycles. The maximum absolute atomic E-state index is 6.01. The molecule has 0 unspecified atom stereocenters. The van der Waals surface area contributed by atoms with Crippen LogP contribution in [-0.2, 0) is 17.6 Å². The fourth-order valence-corrected chi connectivity index (χ4v) is 2.63. The number of furan rings is 1. The number of ether oxygens (including phenoxy) is 1. The highest BCUT2D eigenvalue weighted by atomic mass is 16.5. The van der Waals surface area contributed by atoms with E-state index in [2.05, 4.69) is 18.2 Å². The SMILES string of the molecule is CO[C@@H]1CCCc2oc(-c3ccccc3)cc2C1. The van der Waals surface area contributed by atoms with Crippen LogP contribution in [0.2, 0.25) is 0 Å². The predicted octanol–water partition coefficient (Wildman–Crippen LogP) is 3.84. The Kier molecular flexibility index (Phi) is 3.20. The standard InChI is InChI=1S/C16H18O2/c1-17-14-8-5-9-15-13(10-14)11-16(18-15)12-6-3-2-4-7-12/h2-4,6-7,11,14H,5,8-10H2,1H3/t14-/m1/s1. The van der Waals surface area contributed by atoms with Crippen LogP contribution in [0.3, 0.4) is 0 Å². The highest BCUT2D eigenvalue weighted by molar-refractivity contribution is 5.58. The first-order valence-corrected chi connectivity index (χ1v) is 6.56. The summed E-state index contributed by atoms with van der Waals surface area (Å²) in [6, 6.07) is 12.5. The van der Waals surface area contributed by atoms with Crippen molar-refractivity contribution in [2.75, 3.05) is 7.11 Å². The Morgan fingerprint density at radius 3 is 2.83 bits per heavy atom. The number of methoxy groups -OCH3 is 1. The Hall–Kier alpha value is -1.54. The van der Waals surface area contributed by atoms with Crippen LogP contribution in [0.25, 0.3) is 11.3 Å². The van der Waals surface area contributed by atoms with Crippen LogP contribution in [0.5, 0.6) is 0 Å². The van der Waals surface area contributed by atoms with Gasteiger partial charge in [-0.05, 0) is 24.5 Å². The Labute approximate surface area is 108 Å². The number of aryl methyl sites for hydroxylation is 1. The lowest BCUT2D eigenvalue weighted by Crippen LogP contribution is -2.11. The van der Waals surface area contributed by atoms with E-state index in [9.17, 15) is 0 Å². The molecule has 0 radical (unpaired) electrons. The summed E-state index contributed by atoms with van der Waals surface area (Å²) in [5.41, 5.74) is 2.47. The summed E-state index contributed by atoms with van der Waals surface area (Å²) >= 11 is 0. The van der Waals surface area contributed by atoms with Gasteiger partial charge in [-0.25, -0.2) is 0 Å². The van der Waals surface area contributed by atoms with Gasteiger partial charge in [0.05, 0.1) is 6.10 Å². The van der Waals surface area contributed by atoms with Crippen LogP contribution in [-0.4, -0.2) is 13.2 Å². The van der Waals surface area contributed by atoms with Crippen molar-refractivity contribution in [1.82, 2.24) is 0 Å². The van der Waals surface area contributed by atoms with E-state index in [1.54, 1.807) is 7.11 Å². The molecule has 2 aromatic rings. The van der Waals surface area contributed by atoms with E-state index in [0.29, 0.717) is 6.10 Å². The van der Waals surface area contributed by atoms with Gasteiger partial charge in [0.15, 0.2) is 0 Å². The molecule has 0 saturated heterocycles. The van der Waals surface area contributed by atoms with E-state index < -0.39 is 0 Å². The molecule has 1 heterocycles. The van der Waals surface area contributed by atoms with Crippen LogP contribution in [0, 0.1) is 0 Å². The number of benzene rings is 1. The van der Waals surface area contributed by atoms with E-state index in [4.69, 9.17) is 9.15 Å². The molecular weight excluding hydrogens is 224 g/mol. The first kappa shape index (κ1) is 11.5. The number of fused-ring (bicyclic) bond motifs is 1. The van der Waals surface area contributed by atoms with Crippen molar-refractivity contribution in [1.29, 1.82) is 0 Å². The van der Waals surface area contributed by atoms with Crippen molar-refractivity contribution in [2.24, 2.45) is 0 Å². The summed E-state index contributed by atoms with van der Waals surface area (Å²) in [6.45, 7) is 0. The van der Waals surface area contributed by atoms with E-state index in [0.717, 1.165) is 42.8 Å². The molecule has 0 spiro atoms. The average Bonchev–Trinajstić information content (AvgIpc) is 2.72. The van der Waals surface area contributed by atoms with Crippen LogP contribution in [0.1, 0.15) is 24.2 Å². The lowest BCUT2D eigenvalue weighted by molar-refractivity contribution is 0.0960. The smallest absolute Gasteiger partial charge is 0.134 e. The molecule has 0 bridgehead atoms. The van der Waals surface area contributed by atoms with Gasteiger partial charge in [0.1, 0.15) is 11.5 Å². The molecule has 1 aromatic carbocycles. The summed E-state index contributed by atoms with van der Waals surface area (Å²) in [4.78, 5) is 0. The van der Waals surface area contributed by atoms with Gasteiger partial charge in [-0.2, -0.15) is 0 Å². The molecule has 2 heteroatoms. The van der Waals surface area contributed by atoms with Gasteiger partial charge in [-0.15, -0.1) is 0 Å². The third kappa shape index (κ3) is 2.21. The molecule has 1 atom stereocenters. The van der Waals surface area contributed by atoms with Gasteiger partial charge in [0, 0.05) is 25.5 Å². The molecule has 2 nitrogen and oxygen atoms in total. The van der Waals surface area contributed by atoms with Crippen molar-refractivity contribution in [3.05, 3.63) is 47.7 Å². The lowest BCUT2D eigenvalue weighted by atomic mass is 10.1. The maximum Gasteiger partial charge on any atom is 0.134 e. The maximum atomic E-state index is 6.01. The minimum Gasteiger partial charge on any atom is -0.461 e. The number of hydrogen-bond acceptors (Lipinski definition) is 2. The zero-order chi connectivity index (χ0) is 12.4. The molecular formula is C16H18O2. The van der Waals surface area contributed by atoms with Gasteiger partial charge < -0.3 is 9.15 Å². The molecule has 0 aliphatic heterocycles. The molecule has 94 valence electrons. The van der Waals surface area contributed by atoms with Crippen molar-refractivity contribution in [3.63, 3.8) is 0 Å². The number of rotatable bonds is 2. The van der Waals surface area contributed by atoms with Gasteiger partial charge in [-0.3, -0.25) is 0 Å². The number of hydrogen-bond donors (Lipinski definition) is 0. The fraction of sp³-hybridized carbons (Fsp3) is 0.375. The summed E-state index contributed by atoms with van der Waals surface area (Å²) < 4.78 is 11.5. The Bertz CT molecular complexity index is 513. The third-order valence-electron chi connectivity index (χ3n) is 3.67. The summed E-state index contributed by atoms with van der Waals surface area (Å²) in [5, 5.41) is 0. The minimum atomic E-state index is 0.340. The first-order valence-electron chi connectivity index (χ1n) is 6.56. The summed E-state index contributed by atoms with van der Waals surface area (Å²) in [5.74, 6) is 2.13. The van der Waals surface area contributed by atoms with Crippen molar-refractivity contribution in [2.45, 2.75) is 31.8 Å². The van der Waals surface area contributed by atoms with Crippen molar-refractivity contribution < 1.29 is 9.15 Å². The lowest BCUT2D eigenvalue weighted by Gasteiger charge is -2.10. The molecule has 0 N–H and O–H groups in total. The van der Waals surface area contributed by atoms with Gasteiger partial charge >= 0.3 is 0 Å². The predicted molar refractivity (Wildman–Crippen MR) is 71.6 cm³/mol. The second-order valence-electron chi connectivity index (χ2n) is 4.88. The zero-order valence-corrected chi connectivity index (χ0v) is 10.7. The molecule has 1 aliphatic rings. The van der Waals surface area contributed by atoms with E-state index in [-0.39, 0.29) is 0 Å². The topological polar surface area (TPSA) is 22.4 Å². The van der Waals surface area contributed by atoms with Gasteiger partial charge in [-0.1, -0.05) is 30.3 Å². The molecule has 18 heavy (non-hydrogen) atoms. The van der Waals surface area contributed by atoms with E-state index in [1.807, 2.05) is 18.2 Å². The third-order valence-corrected chi connectivity index (χ3v) is 3.67. The molecule has 0 saturated carbocycles. The fourth-order valence-electron chi connectivity index (χ4n) is 2.63. The van der Waals surface area contributed by atoms with Crippen LogP contribution in [0.4, 0.5) is 0 Å². The van der Waals surface area contributed by atoms with Crippen LogP contribution in [0.15, 0.2) is 40.8 Å². The average molecular weight is 242 g/mol. The Morgan fingerprint density at radius 2 is 2.06 bits per heavy atom. The quantitative estimate of drug-likeness (QED) is 0.746. The molecule has 0 fully saturated rings. The normalized spacial score (nSPS) is 19.3. The Morgan fingerprint density at radius 1 is 1.22 bits per heavy atom. The zero-order valence-electron chi connectivity index (χ0n) is 10.7. The molecule has 3 rings (SSSR count). The first-order chi connectivity index (χ1) is 8.86. The summed E-state index contributed by atoms with van der Waals surface area (Å²) in [7, 11) is 1.80. The van der Waals surface area contributed by atoms with Crippen LogP contribution >= 0.6 is 0 Å². The molecule has 0 amide bonds. The van der Waals surface area contributed by atoms with Gasteiger partial charge in [0.2, 0.25) is 0 Å². The second-order valence-corrected chi connectivity index (χ2v) is 4.88.